The Labute approximate surface area is 81.7 Å². The average Bonchev–Trinajstić information content (AvgIpc) is 2.08. The van der Waals surface area contributed by atoms with Gasteiger partial charge in [-0.15, -0.1) is 0 Å². The molecule has 0 amide bonds. The van der Waals surface area contributed by atoms with Crippen molar-refractivity contribution in [2.75, 3.05) is 0 Å². The normalized spacial score (nSPS) is 9.25. The molecule has 1 nitrogen and oxygen atoms in total. The molecule has 1 rings (SSSR count). The van der Waals surface area contributed by atoms with Crippen LogP contribution < -0.4 is 0 Å². The molecule has 1 aromatic rings. The molecule has 0 aliphatic rings. The number of rotatable bonds is 1. The minimum absolute atomic E-state index is 0.542. The Kier molecular flexibility index (Phi) is 5.95. The molecule has 0 aromatic carbocycles. The summed E-state index contributed by atoms with van der Waals surface area (Å²) in [5.41, 5.74) is 2.28. The molecular formula is C9H13CuFN. The van der Waals surface area contributed by atoms with Gasteiger partial charge in [0.25, 0.3) is 0 Å². The van der Waals surface area contributed by atoms with Crippen molar-refractivity contribution in [3.8, 4) is 0 Å². The van der Waals surface area contributed by atoms with Crippen molar-refractivity contribution in [3.63, 3.8) is 0 Å². The van der Waals surface area contributed by atoms with E-state index in [2.05, 4.69) is 47.4 Å². The van der Waals surface area contributed by atoms with Gasteiger partial charge in [-0.2, -0.15) is 0 Å². The average molecular weight is 218 g/mol. The van der Waals surface area contributed by atoms with Crippen LogP contribution in [0, 0.1) is 6.92 Å². The topological polar surface area (TPSA) is 12.9 Å². The SMILES string of the molecule is Cc1cccc(C(C)C)n1.[F][Cu]. The van der Waals surface area contributed by atoms with Crippen molar-refractivity contribution >= 4 is 0 Å². The molecule has 0 bridgehead atoms. The molecule has 12 heavy (non-hydrogen) atoms. The molecule has 1 aromatic heterocycles. The zero-order chi connectivity index (χ0) is 9.56. The molecule has 0 fully saturated rings. The molecule has 0 radical (unpaired) electrons. The second kappa shape index (κ2) is 6.15. The van der Waals surface area contributed by atoms with Crippen molar-refractivity contribution in [2.45, 2.75) is 26.7 Å². The number of hydrogen-bond acceptors (Lipinski definition) is 1. The van der Waals surface area contributed by atoms with Crippen LogP contribution in [0.1, 0.15) is 31.2 Å². The van der Waals surface area contributed by atoms with Crippen LogP contribution in [-0.2, 0) is 16.5 Å². The van der Waals surface area contributed by atoms with E-state index in [1.807, 2.05) is 13.0 Å². The predicted octanol–water partition coefficient (Wildman–Crippen LogP) is 2.93. The summed E-state index contributed by atoms with van der Waals surface area (Å²) in [6, 6.07) is 6.14. The second-order valence-corrected chi connectivity index (χ2v) is 2.86. The molecule has 0 saturated heterocycles. The van der Waals surface area contributed by atoms with Crippen molar-refractivity contribution < 1.29 is 20.0 Å². The number of halogens is 1. The molecule has 3 heteroatoms. The maximum atomic E-state index is 9.06. The van der Waals surface area contributed by atoms with E-state index in [1.165, 1.54) is 5.69 Å². The Morgan fingerprint density at radius 1 is 1.33 bits per heavy atom. The summed E-state index contributed by atoms with van der Waals surface area (Å²) in [5.74, 6) is 0.542. The number of aryl methyl sites for hydroxylation is 1. The Morgan fingerprint density at radius 3 is 2.25 bits per heavy atom. The number of hydrogen-bond donors (Lipinski definition) is 0. The molecule has 0 aliphatic heterocycles. The van der Waals surface area contributed by atoms with Gasteiger partial charge in [0.2, 0.25) is 0 Å². The summed E-state index contributed by atoms with van der Waals surface area (Å²) < 4.78 is 9.06. The molecule has 72 valence electrons. The van der Waals surface area contributed by atoms with Gasteiger partial charge in [0.1, 0.15) is 0 Å². The molecule has 0 aliphatic carbocycles. The van der Waals surface area contributed by atoms with E-state index >= 15 is 0 Å². The molecule has 0 N–H and O–H groups in total. The van der Waals surface area contributed by atoms with Gasteiger partial charge in [0, 0.05) is 11.4 Å². The summed E-state index contributed by atoms with van der Waals surface area (Å²) in [6.45, 7) is 6.33. The number of aromatic nitrogens is 1. The molecule has 1 heterocycles. The van der Waals surface area contributed by atoms with Gasteiger partial charge in [0.15, 0.2) is 0 Å². The first-order valence-corrected chi connectivity index (χ1v) is 4.10. The summed E-state index contributed by atoms with van der Waals surface area (Å²) in [6.07, 6.45) is 0. The zero-order valence-electron chi connectivity index (χ0n) is 7.44. The maximum absolute atomic E-state index is 9.06. The molecule has 0 saturated carbocycles. The summed E-state index contributed by atoms with van der Waals surface area (Å²) in [7, 11) is 0. The van der Waals surface area contributed by atoms with Gasteiger partial charge >= 0.3 is 20.0 Å². The van der Waals surface area contributed by atoms with Crippen LogP contribution in [0.15, 0.2) is 18.2 Å². The van der Waals surface area contributed by atoms with Gasteiger partial charge in [-0.3, -0.25) is 4.98 Å². The monoisotopic (exact) mass is 217 g/mol. The molecule has 0 unspecified atom stereocenters. The van der Waals surface area contributed by atoms with E-state index < -0.39 is 0 Å². The summed E-state index contributed by atoms with van der Waals surface area (Å²) in [4.78, 5) is 4.37. The van der Waals surface area contributed by atoms with Gasteiger partial charge in [-0.25, -0.2) is 0 Å². The van der Waals surface area contributed by atoms with Crippen molar-refractivity contribution in [1.82, 2.24) is 4.98 Å². The quantitative estimate of drug-likeness (QED) is 0.660. The molecule has 0 spiro atoms. The van der Waals surface area contributed by atoms with E-state index in [1.54, 1.807) is 0 Å². The van der Waals surface area contributed by atoms with Crippen LogP contribution in [0.25, 0.3) is 0 Å². The van der Waals surface area contributed by atoms with E-state index in [0.29, 0.717) is 5.92 Å². The number of pyridine rings is 1. The van der Waals surface area contributed by atoms with E-state index in [0.717, 1.165) is 5.69 Å². The van der Waals surface area contributed by atoms with Crippen LogP contribution >= 0.6 is 0 Å². The van der Waals surface area contributed by atoms with E-state index in [4.69, 9.17) is 3.55 Å². The second-order valence-electron chi connectivity index (χ2n) is 2.86. The summed E-state index contributed by atoms with van der Waals surface area (Å²) in [5, 5.41) is 0. The Morgan fingerprint density at radius 2 is 1.92 bits per heavy atom. The minimum atomic E-state index is 0.542. The third-order valence-electron chi connectivity index (χ3n) is 1.50. The van der Waals surface area contributed by atoms with Gasteiger partial charge in [0.05, 0.1) is 0 Å². The third-order valence-corrected chi connectivity index (χ3v) is 1.50. The Hall–Kier alpha value is -0.401. The van der Waals surface area contributed by atoms with Gasteiger partial charge in [-0.1, -0.05) is 19.9 Å². The standard InChI is InChI=1S/C9H13N.Cu.FH/c1-7(2)9-6-4-5-8(3)10-9;;/h4-7H,1-3H3;;1H/q;+1;/p-1. The fraction of sp³-hybridized carbons (Fsp3) is 0.444. The van der Waals surface area contributed by atoms with Crippen molar-refractivity contribution in [3.05, 3.63) is 29.6 Å². The molecular weight excluding hydrogens is 205 g/mol. The fourth-order valence-electron chi connectivity index (χ4n) is 0.886. The Bertz CT molecular complexity index is 226. The van der Waals surface area contributed by atoms with Crippen LogP contribution in [0.5, 0.6) is 0 Å². The predicted molar refractivity (Wildman–Crippen MR) is 44.2 cm³/mol. The van der Waals surface area contributed by atoms with Gasteiger partial charge in [-0.05, 0) is 25.0 Å². The van der Waals surface area contributed by atoms with Crippen LogP contribution in [0.2, 0.25) is 0 Å². The fourth-order valence-corrected chi connectivity index (χ4v) is 0.886. The van der Waals surface area contributed by atoms with E-state index in [-0.39, 0.29) is 0 Å². The number of nitrogens with zero attached hydrogens (tertiary/aromatic N) is 1. The Balaban J connectivity index is 0.000000561. The molecule has 0 atom stereocenters. The van der Waals surface area contributed by atoms with Crippen LogP contribution in [-0.4, -0.2) is 4.98 Å². The van der Waals surface area contributed by atoms with Gasteiger partial charge < -0.3 is 0 Å². The first-order chi connectivity index (χ1) is 5.70. The first-order valence-electron chi connectivity index (χ1n) is 3.75. The first kappa shape index (κ1) is 11.6. The zero-order valence-corrected chi connectivity index (χ0v) is 8.38. The van der Waals surface area contributed by atoms with Crippen LogP contribution in [0.3, 0.4) is 0 Å². The van der Waals surface area contributed by atoms with Crippen molar-refractivity contribution in [1.29, 1.82) is 0 Å². The van der Waals surface area contributed by atoms with Crippen LogP contribution in [0.4, 0.5) is 3.55 Å². The van der Waals surface area contributed by atoms with Crippen molar-refractivity contribution in [2.24, 2.45) is 0 Å². The summed E-state index contributed by atoms with van der Waals surface area (Å²) >= 11 is 2.69. The van der Waals surface area contributed by atoms with E-state index in [9.17, 15) is 0 Å². The third kappa shape index (κ3) is 3.84.